The second kappa shape index (κ2) is 4.70. The van der Waals surface area contributed by atoms with Crippen molar-refractivity contribution < 1.29 is 8.42 Å². The lowest BCUT2D eigenvalue weighted by Crippen LogP contribution is -2.26. The summed E-state index contributed by atoms with van der Waals surface area (Å²) >= 11 is 5.43. The van der Waals surface area contributed by atoms with Gasteiger partial charge in [-0.3, -0.25) is 4.57 Å². The van der Waals surface area contributed by atoms with Gasteiger partial charge in [0.1, 0.15) is 15.4 Å². The van der Waals surface area contributed by atoms with Crippen LogP contribution in [0.25, 0.3) is 11.2 Å². The molecule has 1 saturated heterocycles. The van der Waals surface area contributed by atoms with E-state index in [1.54, 1.807) is 0 Å². The number of hydrogen-bond donors (Lipinski definition) is 1. The Morgan fingerprint density at radius 2 is 2.05 bits per heavy atom. The molecule has 0 aromatic carbocycles. The second-order valence-electron chi connectivity index (χ2n) is 5.28. The van der Waals surface area contributed by atoms with Crippen molar-refractivity contribution in [3.63, 3.8) is 0 Å². The monoisotopic (exact) mass is 314 g/mol. The highest BCUT2D eigenvalue weighted by atomic mass is 32.2. The van der Waals surface area contributed by atoms with Crippen molar-refractivity contribution in [1.29, 1.82) is 0 Å². The topological polar surface area (TPSA) is 72.7 Å². The molecule has 0 aliphatic carbocycles. The summed E-state index contributed by atoms with van der Waals surface area (Å²) < 4.78 is 27.8. The highest BCUT2D eigenvalue weighted by Gasteiger charge is 2.27. The zero-order chi connectivity index (χ0) is 14.5. The van der Waals surface area contributed by atoms with Crippen LogP contribution >= 0.6 is 12.2 Å². The van der Waals surface area contributed by atoms with Crippen LogP contribution in [-0.2, 0) is 16.4 Å². The number of aryl methyl sites for hydroxylation is 2. The van der Waals surface area contributed by atoms with Crippen LogP contribution in [0.5, 0.6) is 0 Å². The number of fused-ring (bicyclic) bond motifs is 1. The molecule has 1 aliphatic heterocycles. The molecule has 3 heterocycles. The molecule has 0 amide bonds. The lowest BCUT2D eigenvalue weighted by atomic mass is 10.1. The summed E-state index contributed by atoms with van der Waals surface area (Å²) in [6.45, 7) is 4.76. The second-order valence-corrected chi connectivity index (χ2v) is 7.97. The van der Waals surface area contributed by atoms with Crippen LogP contribution in [-0.4, -0.2) is 39.3 Å². The summed E-state index contributed by atoms with van der Waals surface area (Å²) in [7, 11) is -2.86. The zero-order valence-corrected chi connectivity index (χ0v) is 13.2. The van der Waals surface area contributed by atoms with Crippen LogP contribution < -0.4 is 0 Å². The molecule has 1 N–H and O–H groups in total. The van der Waals surface area contributed by atoms with Crippen molar-refractivity contribution in [2.45, 2.75) is 39.3 Å². The van der Waals surface area contributed by atoms with Crippen molar-refractivity contribution >= 4 is 33.2 Å². The van der Waals surface area contributed by atoms with Crippen molar-refractivity contribution in [3.05, 3.63) is 10.5 Å². The van der Waals surface area contributed by atoms with Gasteiger partial charge in [-0.1, -0.05) is 0 Å². The maximum atomic E-state index is 11.6. The predicted octanol–water partition coefficient (Wildman–Crippen LogP) is 1.97. The fraction of sp³-hybridized carbons (Fsp3) is 0.667. The van der Waals surface area contributed by atoms with Gasteiger partial charge in [0.25, 0.3) is 0 Å². The average molecular weight is 314 g/mol. The predicted molar refractivity (Wildman–Crippen MR) is 80.2 cm³/mol. The Kier molecular flexibility index (Phi) is 3.24. The van der Waals surface area contributed by atoms with Gasteiger partial charge in [0.05, 0.1) is 17.2 Å². The number of sulfone groups is 1. The quantitative estimate of drug-likeness (QED) is 0.860. The third kappa shape index (κ3) is 2.10. The third-order valence-electron chi connectivity index (χ3n) is 3.97. The number of H-pyrrole nitrogens is 1. The molecule has 0 radical (unpaired) electrons. The van der Waals surface area contributed by atoms with Gasteiger partial charge in [-0.15, -0.1) is 0 Å². The first-order valence-electron chi connectivity index (χ1n) is 6.81. The fourth-order valence-electron chi connectivity index (χ4n) is 2.92. The molecule has 1 fully saturated rings. The van der Waals surface area contributed by atoms with Crippen molar-refractivity contribution in [1.82, 2.24) is 19.3 Å². The normalized spacial score (nSPS) is 19.7. The molecule has 110 valence electrons. The van der Waals surface area contributed by atoms with Crippen LogP contribution in [0.4, 0.5) is 0 Å². The summed E-state index contributed by atoms with van der Waals surface area (Å²) in [6.07, 6.45) is 1.25. The van der Waals surface area contributed by atoms with Gasteiger partial charge in [-0.05, 0) is 38.9 Å². The maximum Gasteiger partial charge on any atom is 0.179 e. The fourth-order valence-corrected chi connectivity index (χ4v) is 4.72. The summed E-state index contributed by atoms with van der Waals surface area (Å²) in [5.41, 5.74) is 2.87. The third-order valence-corrected chi connectivity index (χ3v) is 5.98. The van der Waals surface area contributed by atoms with E-state index in [4.69, 9.17) is 12.2 Å². The van der Waals surface area contributed by atoms with Gasteiger partial charge in [0.15, 0.2) is 10.4 Å². The van der Waals surface area contributed by atoms with Crippen molar-refractivity contribution in [3.8, 4) is 0 Å². The lowest BCUT2D eigenvalue weighted by Gasteiger charge is -2.23. The van der Waals surface area contributed by atoms with Crippen LogP contribution in [0.2, 0.25) is 0 Å². The minimum Gasteiger partial charge on any atom is -0.328 e. The van der Waals surface area contributed by atoms with E-state index in [0.29, 0.717) is 17.6 Å². The van der Waals surface area contributed by atoms with Gasteiger partial charge in [0, 0.05) is 12.6 Å². The molecule has 0 bridgehead atoms. The Hall–Kier alpha value is -1.15. The molecule has 2 aromatic heterocycles. The standard InChI is InChI=1S/C12H18N4O2S2/c1-3-15-11-10(8(2)14-15)13-12(19)16(11)9-4-6-20(17,18)7-5-9/h9H,3-7H2,1-2H3,(H,13,19). The molecule has 8 heteroatoms. The Morgan fingerprint density at radius 1 is 1.40 bits per heavy atom. The Morgan fingerprint density at radius 3 is 2.65 bits per heavy atom. The number of nitrogens with zero attached hydrogens (tertiary/aromatic N) is 3. The van der Waals surface area contributed by atoms with E-state index >= 15 is 0 Å². The van der Waals surface area contributed by atoms with Crippen LogP contribution in [0.1, 0.15) is 31.5 Å². The van der Waals surface area contributed by atoms with Gasteiger partial charge < -0.3 is 4.98 Å². The van der Waals surface area contributed by atoms with Crippen LogP contribution in [0, 0.1) is 11.7 Å². The smallest absolute Gasteiger partial charge is 0.179 e. The molecule has 3 rings (SSSR count). The summed E-state index contributed by atoms with van der Waals surface area (Å²) in [4.78, 5) is 3.21. The van der Waals surface area contributed by atoms with E-state index in [-0.39, 0.29) is 17.5 Å². The summed E-state index contributed by atoms with van der Waals surface area (Å²) in [5.74, 6) is 0.483. The molecule has 2 aromatic rings. The van der Waals surface area contributed by atoms with E-state index < -0.39 is 9.84 Å². The molecular formula is C12H18N4O2S2. The number of aromatic nitrogens is 4. The first-order valence-corrected chi connectivity index (χ1v) is 9.04. The van der Waals surface area contributed by atoms with E-state index in [1.807, 2.05) is 18.5 Å². The Labute approximate surface area is 122 Å². The highest BCUT2D eigenvalue weighted by molar-refractivity contribution is 7.91. The van der Waals surface area contributed by atoms with Gasteiger partial charge in [-0.2, -0.15) is 5.10 Å². The average Bonchev–Trinajstić information content (AvgIpc) is 2.87. The first-order chi connectivity index (χ1) is 9.43. The number of imidazole rings is 1. The molecule has 0 atom stereocenters. The SMILES string of the molecule is CCn1nc(C)c2[nH]c(=S)n(C3CCS(=O)(=O)CC3)c21. The largest absolute Gasteiger partial charge is 0.328 e. The molecule has 0 saturated carbocycles. The van der Waals surface area contributed by atoms with E-state index in [2.05, 4.69) is 14.6 Å². The Balaban J connectivity index is 2.12. The number of nitrogens with one attached hydrogen (secondary N) is 1. The van der Waals surface area contributed by atoms with Crippen molar-refractivity contribution in [2.24, 2.45) is 0 Å². The van der Waals surface area contributed by atoms with Crippen LogP contribution in [0.3, 0.4) is 0 Å². The highest BCUT2D eigenvalue weighted by Crippen LogP contribution is 2.29. The molecule has 1 aliphatic rings. The number of hydrogen-bond acceptors (Lipinski definition) is 4. The number of rotatable bonds is 2. The van der Waals surface area contributed by atoms with E-state index in [1.165, 1.54) is 0 Å². The van der Waals surface area contributed by atoms with Gasteiger partial charge in [0.2, 0.25) is 0 Å². The molecule has 0 spiro atoms. The first kappa shape index (κ1) is 13.8. The van der Waals surface area contributed by atoms with Crippen LogP contribution in [0.15, 0.2) is 0 Å². The minimum absolute atomic E-state index is 0.140. The Bertz CT molecular complexity index is 798. The molecular weight excluding hydrogens is 296 g/mol. The number of aromatic amines is 1. The minimum atomic E-state index is -2.86. The van der Waals surface area contributed by atoms with Crippen molar-refractivity contribution in [2.75, 3.05) is 11.5 Å². The van der Waals surface area contributed by atoms with E-state index in [9.17, 15) is 8.42 Å². The van der Waals surface area contributed by atoms with Gasteiger partial charge in [-0.25, -0.2) is 13.1 Å². The zero-order valence-electron chi connectivity index (χ0n) is 11.6. The molecule has 0 unspecified atom stereocenters. The molecule has 20 heavy (non-hydrogen) atoms. The summed E-state index contributed by atoms with van der Waals surface area (Å²) in [6, 6.07) is 0.140. The lowest BCUT2D eigenvalue weighted by molar-refractivity contribution is 0.446. The molecule has 6 nitrogen and oxygen atoms in total. The maximum absolute atomic E-state index is 11.6. The van der Waals surface area contributed by atoms with E-state index in [0.717, 1.165) is 23.4 Å². The summed E-state index contributed by atoms with van der Waals surface area (Å²) in [5, 5.41) is 4.49. The van der Waals surface area contributed by atoms with Gasteiger partial charge >= 0.3 is 0 Å².